The van der Waals surface area contributed by atoms with Crippen LogP contribution in [0.2, 0.25) is 0 Å². The minimum Gasteiger partial charge on any atom is -0.207 e. The van der Waals surface area contributed by atoms with Gasteiger partial charge in [-0.3, -0.25) is 0 Å². The fourth-order valence-electron chi connectivity index (χ4n) is 2.88. The Balaban J connectivity index is 2.26. The van der Waals surface area contributed by atoms with Crippen LogP contribution in [0.1, 0.15) is 32.6 Å². The maximum Gasteiger partial charge on any atom is 0.241 e. The van der Waals surface area contributed by atoms with Crippen molar-refractivity contribution in [1.82, 2.24) is 4.72 Å². The van der Waals surface area contributed by atoms with Gasteiger partial charge in [-0.2, -0.15) is 0 Å². The number of sulfonamides is 1. The van der Waals surface area contributed by atoms with Crippen LogP contribution in [0.3, 0.4) is 0 Å². The molecule has 1 saturated carbocycles. The lowest BCUT2D eigenvalue weighted by Gasteiger charge is -2.39. The minimum absolute atomic E-state index is 0.0554. The van der Waals surface area contributed by atoms with Gasteiger partial charge in [-0.25, -0.2) is 17.5 Å². The molecule has 1 aliphatic rings. The predicted octanol–water partition coefficient (Wildman–Crippen LogP) is 3.29. The van der Waals surface area contributed by atoms with Crippen LogP contribution < -0.4 is 4.72 Å². The second kappa shape index (κ2) is 6.00. The first-order chi connectivity index (χ1) is 9.37. The molecular weight excluding hydrogens is 301 g/mol. The third-order valence-corrected chi connectivity index (χ3v) is 5.89. The molecule has 0 bridgehead atoms. The lowest BCUT2D eigenvalue weighted by molar-refractivity contribution is 0.239. The monoisotopic (exact) mass is 319 g/mol. The van der Waals surface area contributed by atoms with Crippen molar-refractivity contribution >= 4 is 21.6 Å². The fraction of sp³-hybridized carbons (Fsp3) is 0.571. The Hall–Kier alpha value is -0.650. The van der Waals surface area contributed by atoms with E-state index >= 15 is 0 Å². The molecule has 0 heterocycles. The Morgan fingerprint density at radius 1 is 1.50 bits per heavy atom. The summed E-state index contributed by atoms with van der Waals surface area (Å²) in [7, 11) is -3.75. The van der Waals surface area contributed by atoms with Gasteiger partial charge < -0.3 is 0 Å². The Morgan fingerprint density at radius 3 is 2.85 bits per heavy atom. The Bertz CT molecular complexity index is 578. The van der Waals surface area contributed by atoms with E-state index in [0.29, 0.717) is 12.3 Å². The molecule has 1 aromatic rings. The summed E-state index contributed by atoms with van der Waals surface area (Å²) in [5, 5.41) is 0. The molecule has 0 aromatic heterocycles. The van der Waals surface area contributed by atoms with Gasteiger partial charge in [-0.15, -0.1) is 11.6 Å². The van der Waals surface area contributed by atoms with Crippen LogP contribution in [-0.4, -0.2) is 19.8 Å². The van der Waals surface area contributed by atoms with Crippen molar-refractivity contribution < 1.29 is 12.8 Å². The first kappa shape index (κ1) is 15.7. The normalized spacial score (nSPS) is 27.4. The number of benzene rings is 1. The number of rotatable bonds is 4. The van der Waals surface area contributed by atoms with Gasteiger partial charge in [0.15, 0.2) is 0 Å². The lowest BCUT2D eigenvalue weighted by Crippen LogP contribution is -2.52. The SMILES string of the molecule is CC1CCCC(CCl)(NS(=O)(=O)c2cccc(F)c2)C1. The molecule has 20 heavy (non-hydrogen) atoms. The summed E-state index contributed by atoms with van der Waals surface area (Å²) in [4.78, 5) is -0.0554. The van der Waals surface area contributed by atoms with E-state index in [9.17, 15) is 12.8 Å². The standard InChI is InChI=1S/C14H19ClFNO2S/c1-11-4-3-7-14(9-11,10-15)17-20(18,19)13-6-2-5-12(16)8-13/h2,5-6,8,11,17H,3-4,7,9-10H2,1H3. The van der Waals surface area contributed by atoms with E-state index in [1.165, 1.54) is 18.2 Å². The second-order valence-corrected chi connectivity index (χ2v) is 7.63. The molecule has 112 valence electrons. The van der Waals surface area contributed by atoms with Crippen molar-refractivity contribution in [2.45, 2.75) is 43.0 Å². The van der Waals surface area contributed by atoms with Crippen molar-refractivity contribution in [2.75, 3.05) is 5.88 Å². The van der Waals surface area contributed by atoms with Crippen LogP contribution in [0.5, 0.6) is 0 Å². The molecule has 3 nitrogen and oxygen atoms in total. The topological polar surface area (TPSA) is 46.2 Å². The predicted molar refractivity (Wildman–Crippen MR) is 77.8 cm³/mol. The van der Waals surface area contributed by atoms with E-state index in [4.69, 9.17) is 11.6 Å². The van der Waals surface area contributed by atoms with E-state index in [0.717, 1.165) is 25.3 Å². The van der Waals surface area contributed by atoms with Crippen molar-refractivity contribution in [1.29, 1.82) is 0 Å². The van der Waals surface area contributed by atoms with Crippen LogP contribution in [0.25, 0.3) is 0 Å². The maximum atomic E-state index is 13.2. The molecule has 6 heteroatoms. The van der Waals surface area contributed by atoms with Gasteiger partial charge in [0.2, 0.25) is 10.0 Å². The molecule has 1 fully saturated rings. The van der Waals surface area contributed by atoms with E-state index in [1.807, 2.05) is 0 Å². The molecule has 0 spiro atoms. The minimum atomic E-state index is -3.75. The van der Waals surface area contributed by atoms with Crippen LogP contribution in [0.15, 0.2) is 29.2 Å². The summed E-state index contributed by atoms with van der Waals surface area (Å²) in [6.07, 6.45) is 3.46. The van der Waals surface area contributed by atoms with Crippen molar-refractivity contribution in [3.63, 3.8) is 0 Å². The summed E-state index contributed by atoms with van der Waals surface area (Å²) >= 11 is 6.03. The van der Waals surface area contributed by atoms with Crippen molar-refractivity contribution in [2.24, 2.45) is 5.92 Å². The molecule has 1 N–H and O–H groups in total. The molecule has 1 aliphatic carbocycles. The van der Waals surface area contributed by atoms with E-state index in [-0.39, 0.29) is 10.8 Å². The summed E-state index contributed by atoms with van der Waals surface area (Å²) < 4.78 is 40.7. The molecule has 0 aliphatic heterocycles. The highest BCUT2D eigenvalue weighted by atomic mass is 35.5. The van der Waals surface area contributed by atoms with E-state index in [2.05, 4.69) is 11.6 Å². The van der Waals surface area contributed by atoms with Gasteiger partial charge in [0.05, 0.1) is 4.90 Å². The number of alkyl halides is 1. The Kier molecular flexibility index (Phi) is 4.72. The third-order valence-electron chi connectivity index (χ3n) is 3.80. The third kappa shape index (κ3) is 3.51. The number of hydrogen-bond donors (Lipinski definition) is 1. The summed E-state index contributed by atoms with van der Waals surface area (Å²) in [6.45, 7) is 2.09. The molecule has 2 rings (SSSR count). The molecule has 2 unspecified atom stereocenters. The molecule has 0 saturated heterocycles. The van der Waals surface area contributed by atoms with Crippen molar-refractivity contribution in [3.05, 3.63) is 30.1 Å². The van der Waals surface area contributed by atoms with E-state index < -0.39 is 21.4 Å². The first-order valence-corrected chi connectivity index (χ1v) is 8.74. The highest BCUT2D eigenvalue weighted by Gasteiger charge is 2.38. The summed E-state index contributed by atoms with van der Waals surface area (Å²) in [5.41, 5.74) is -0.621. The maximum absolute atomic E-state index is 13.2. The Labute approximate surface area is 124 Å². The van der Waals surface area contributed by atoms with Gasteiger partial charge in [-0.05, 0) is 37.0 Å². The quantitative estimate of drug-likeness (QED) is 0.866. The van der Waals surface area contributed by atoms with Gasteiger partial charge in [0, 0.05) is 11.4 Å². The van der Waals surface area contributed by atoms with Gasteiger partial charge in [-0.1, -0.05) is 25.8 Å². The first-order valence-electron chi connectivity index (χ1n) is 6.72. The molecule has 0 radical (unpaired) electrons. The van der Waals surface area contributed by atoms with Crippen LogP contribution in [0.4, 0.5) is 4.39 Å². The van der Waals surface area contributed by atoms with Crippen LogP contribution >= 0.6 is 11.6 Å². The number of nitrogens with one attached hydrogen (secondary N) is 1. The zero-order valence-corrected chi connectivity index (χ0v) is 13.0. The lowest BCUT2D eigenvalue weighted by atomic mass is 9.78. The largest absolute Gasteiger partial charge is 0.241 e. The molecule has 1 aromatic carbocycles. The van der Waals surface area contributed by atoms with E-state index in [1.54, 1.807) is 0 Å². The second-order valence-electron chi connectivity index (χ2n) is 5.68. The summed E-state index contributed by atoms with van der Waals surface area (Å²) in [5.74, 6) is 0.0915. The molecule has 0 amide bonds. The van der Waals surface area contributed by atoms with Gasteiger partial charge >= 0.3 is 0 Å². The highest BCUT2D eigenvalue weighted by molar-refractivity contribution is 7.89. The molecular formula is C14H19ClFNO2S. The van der Waals surface area contributed by atoms with Crippen molar-refractivity contribution in [3.8, 4) is 0 Å². The van der Waals surface area contributed by atoms with Gasteiger partial charge in [0.25, 0.3) is 0 Å². The number of hydrogen-bond acceptors (Lipinski definition) is 2. The van der Waals surface area contributed by atoms with Crippen LogP contribution in [0, 0.1) is 11.7 Å². The van der Waals surface area contributed by atoms with Gasteiger partial charge in [0.1, 0.15) is 5.82 Å². The zero-order valence-electron chi connectivity index (χ0n) is 11.4. The average molecular weight is 320 g/mol. The smallest absolute Gasteiger partial charge is 0.207 e. The number of halogens is 2. The Morgan fingerprint density at radius 2 is 2.25 bits per heavy atom. The highest BCUT2D eigenvalue weighted by Crippen LogP contribution is 2.34. The summed E-state index contributed by atoms with van der Waals surface area (Å²) in [6, 6.07) is 5.02. The zero-order chi connectivity index (χ0) is 14.8. The molecule has 2 atom stereocenters. The average Bonchev–Trinajstić information content (AvgIpc) is 2.38. The van der Waals surface area contributed by atoms with Crippen LogP contribution in [-0.2, 0) is 10.0 Å². The fourth-order valence-corrected chi connectivity index (χ4v) is 4.74.